The Morgan fingerprint density at radius 2 is 2.11 bits per heavy atom. The minimum absolute atomic E-state index is 0.250. The number of fused-ring (bicyclic) bond motifs is 1. The average Bonchev–Trinajstić information content (AvgIpc) is 2.96. The van der Waals surface area contributed by atoms with Gasteiger partial charge < -0.3 is 10.4 Å². The number of benzene rings is 1. The molecule has 3 aromatic rings. The number of aromatic hydroxyl groups is 1. The summed E-state index contributed by atoms with van der Waals surface area (Å²) < 4.78 is 5.27. The molecule has 27 heavy (non-hydrogen) atoms. The lowest BCUT2D eigenvalue weighted by Crippen LogP contribution is -2.22. The van der Waals surface area contributed by atoms with Crippen LogP contribution in [-0.2, 0) is 0 Å². The topological polar surface area (TPSA) is 66.2 Å². The second-order valence-corrected chi connectivity index (χ2v) is 9.98. The summed E-state index contributed by atoms with van der Waals surface area (Å²) in [5, 5.41) is 20.3. The molecule has 1 atom stereocenters. The van der Waals surface area contributed by atoms with E-state index in [9.17, 15) is 5.11 Å². The number of phenols is 1. The van der Waals surface area contributed by atoms with E-state index in [-0.39, 0.29) is 5.75 Å². The molecule has 0 amide bonds. The first-order valence-corrected chi connectivity index (χ1v) is 11.1. The summed E-state index contributed by atoms with van der Waals surface area (Å²) in [6, 6.07) is 4.28. The molecule has 3 heterocycles. The molecule has 0 bridgehead atoms. The number of anilines is 1. The van der Waals surface area contributed by atoms with Gasteiger partial charge in [-0.3, -0.25) is 0 Å². The predicted octanol–water partition coefficient (Wildman–Crippen LogP) is 4.10. The Balaban J connectivity index is 1.32. The van der Waals surface area contributed by atoms with Gasteiger partial charge in [0.1, 0.15) is 11.4 Å². The van der Waals surface area contributed by atoms with Crippen LogP contribution in [0, 0.1) is 13.8 Å². The first-order chi connectivity index (χ1) is 13.0. The molecule has 2 aliphatic rings. The van der Waals surface area contributed by atoms with Gasteiger partial charge in [0.05, 0.1) is 10.9 Å². The van der Waals surface area contributed by atoms with Crippen LogP contribution in [0.25, 0.3) is 16.0 Å². The number of nitrogens with zero attached hydrogens (tertiary/aromatic N) is 4. The second kappa shape index (κ2) is 6.68. The van der Waals surface area contributed by atoms with E-state index in [1.54, 1.807) is 22.1 Å². The molecule has 5 rings (SSSR count). The molecule has 1 aliphatic heterocycles. The Morgan fingerprint density at radius 3 is 2.85 bits per heavy atom. The molecule has 6 nitrogen and oxygen atoms in total. The fourth-order valence-corrected chi connectivity index (χ4v) is 5.78. The van der Waals surface area contributed by atoms with Gasteiger partial charge in [0, 0.05) is 24.4 Å². The van der Waals surface area contributed by atoms with Crippen molar-refractivity contribution in [1.82, 2.24) is 19.1 Å². The van der Waals surface area contributed by atoms with Crippen molar-refractivity contribution < 1.29 is 5.11 Å². The monoisotopic (exact) mass is 401 g/mol. The number of thiazole rings is 1. The normalized spacial score (nSPS) is 20.6. The number of hydrogen-bond donors (Lipinski definition) is 2. The summed E-state index contributed by atoms with van der Waals surface area (Å²) in [6.07, 6.45) is 5.87. The van der Waals surface area contributed by atoms with Crippen LogP contribution >= 0.6 is 23.3 Å². The van der Waals surface area contributed by atoms with Crippen LogP contribution in [0.3, 0.4) is 0 Å². The maximum Gasteiger partial charge on any atom is 0.194 e. The third-order valence-electron chi connectivity index (χ3n) is 5.03. The highest BCUT2D eigenvalue weighted by Gasteiger charge is 2.30. The van der Waals surface area contributed by atoms with Crippen molar-refractivity contribution in [3.05, 3.63) is 29.5 Å². The first-order valence-electron chi connectivity index (χ1n) is 9.40. The van der Waals surface area contributed by atoms with Crippen molar-refractivity contribution in [1.29, 1.82) is 0 Å². The van der Waals surface area contributed by atoms with Crippen molar-refractivity contribution in [2.24, 2.45) is 0 Å². The van der Waals surface area contributed by atoms with Gasteiger partial charge >= 0.3 is 0 Å². The fraction of sp³-hybridized carbons (Fsp3) is 0.474. The van der Waals surface area contributed by atoms with Crippen molar-refractivity contribution in [3.8, 4) is 11.4 Å². The van der Waals surface area contributed by atoms with Crippen LogP contribution in [0.1, 0.15) is 30.4 Å². The minimum Gasteiger partial charge on any atom is -0.506 e. The number of phenolic OH excluding ortho intramolecular Hbond substituents is 1. The quantitative estimate of drug-likeness (QED) is 0.628. The summed E-state index contributed by atoms with van der Waals surface area (Å²) in [7, 11) is 0. The highest BCUT2D eigenvalue weighted by molar-refractivity contribution is 7.97. The molecule has 2 N–H and O–H groups in total. The van der Waals surface area contributed by atoms with E-state index in [4.69, 9.17) is 0 Å². The van der Waals surface area contributed by atoms with Crippen LogP contribution in [0.2, 0.25) is 0 Å². The smallest absolute Gasteiger partial charge is 0.194 e. The highest BCUT2D eigenvalue weighted by atomic mass is 32.2. The first kappa shape index (κ1) is 17.3. The Labute approximate surface area is 166 Å². The van der Waals surface area contributed by atoms with Crippen LogP contribution in [-0.4, -0.2) is 48.6 Å². The van der Waals surface area contributed by atoms with Gasteiger partial charge in [0.2, 0.25) is 0 Å². The Bertz CT molecular complexity index is 939. The Morgan fingerprint density at radius 1 is 1.26 bits per heavy atom. The molecule has 8 heteroatoms. The zero-order valence-corrected chi connectivity index (χ0v) is 17.1. The summed E-state index contributed by atoms with van der Waals surface area (Å²) >= 11 is 3.66. The standard InChI is InChI=1S/C19H23N5OS2/c1-11-7-12(2)17(15(25)8-11)24-10-16-18(22-24)21-19(26-16)20-13-5-6-23(9-13)27-14-3-4-14/h7-8,10,13-14,25H,3-6,9H2,1-2H3,(H,20,21,22). The lowest BCUT2D eigenvalue weighted by atomic mass is 10.1. The van der Waals surface area contributed by atoms with Crippen molar-refractivity contribution in [2.75, 3.05) is 18.4 Å². The molecule has 142 valence electrons. The molecule has 1 unspecified atom stereocenters. The summed E-state index contributed by atoms with van der Waals surface area (Å²) in [6.45, 7) is 6.20. The number of hydrogen-bond acceptors (Lipinski definition) is 7. The number of aryl methyl sites for hydroxylation is 2. The van der Waals surface area contributed by atoms with E-state index in [0.717, 1.165) is 57.1 Å². The predicted molar refractivity (Wildman–Crippen MR) is 112 cm³/mol. The molecular formula is C19H23N5OS2. The minimum atomic E-state index is 0.250. The van der Waals surface area contributed by atoms with Crippen LogP contribution in [0.5, 0.6) is 5.75 Å². The molecule has 2 fully saturated rings. The van der Waals surface area contributed by atoms with E-state index < -0.39 is 0 Å². The third-order valence-corrected chi connectivity index (χ3v) is 7.34. The van der Waals surface area contributed by atoms with Crippen molar-refractivity contribution in [2.45, 2.75) is 44.4 Å². The summed E-state index contributed by atoms with van der Waals surface area (Å²) in [5.74, 6) is 0.250. The molecule has 1 aromatic carbocycles. The zero-order chi connectivity index (χ0) is 18.5. The highest BCUT2D eigenvalue weighted by Crippen LogP contribution is 2.38. The van der Waals surface area contributed by atoms with E-state index in [1.165, 1.54) is 12.8 Å². The lowest BCUT2D eigenvalue weighted by Gasteiger charge is -2.14. The molecule has 1 saturated carbocycles. The van der Waals surface area contributed by atoms with Gasteiger partial charge in [0.25, 0.3) is 0 Å². The molecule has 1 aliphatic carbocycles. The van der Waals surface area contributed by atoms with E-state index in [1.807, 2.05) is 32.0 Å². The third kappa shape index (κ3) is 3.53. The largest absolute Gasteiger partial charge is 0.506 e. The average molecular weight is 402 g/mol. The van der Waals surface area contributed by atoms with Crippen molar-refractivity contribution >= 4 is 38.8 Å². The van der Waals surface area contributed by atoms with Crippen molar-refractivity contribution in [3.63, 3.8) is 0 Å². The van der Waals surface area contributed by atoms with Gasteiger partial charge in [0.15, 0.2) is 10.8 Å². The van der Waals surface area contributed by atoms with E-state index in [2.05, 4.69) is 25.8 Å². The summed E-state index contributed by atoms with van der Waals surface area (Å²) in [4.78, 5) is 4.67. The Kier molecular flexibility index (Phi) is 4.29. The van der Waals surface area contributed by atoms with Gasteiger partial charge in [-0.1, -0.05) is 29.4 Å². The SMILES string of the molecule is Cc1cc(C)c(-n2cc3sc(NC4CCN(SC5CC5)C4)nc3n2)c(O)c1. The van der Waals surface area contributed by atoms with Gasteiger partial charge in [-0.05, 0) is 50.3 Å². The maximum atomic E-state index is 10.3. The number of rotatable bonds is 5. The number of nitrogens with one attached hydrogen (secondary N) is 1. The zero-order valence-electron chi connectivity index (χ0n) is 15.5. The van der Waals surface area contributed by atoms with Crippen LogP contribution in [0.15, 0.2) is 18.3 Å². The molecule has 0 radical (unpaired) electrons. The van der Waals surface area contributed by atoms with E-state index >= 15 is 0 Å². The van der Waals surface area contributed by atoms with Gasteiger partial charge in [-0.25, -0.2) is 8.99 Å². The van der Waals surface area contributed by atoms with E-state index in [0.29, 0.717) is 6.04 Å². The van der Waals surface area contributed by atoms with Gasteiger partial charge in [-0.2, -0.15) is 4.98 Å². The van der Waals surface area contributed by atoms with Crippen LogP contribution in [0.4, 0.5) is 5.13 Å². The lowest BCUT2D eigenvalue weighted by molar-refractivity contribution is 0.469. The molecule has 2 aromatic heterocycles. The van der Waals surface area contributed by atoms with Crippen LogP contribution < -0.4 is 5.32 Å². The number of aromatic nitrogens is 3. The molecule has 1 saturated heterocycles. The second-order valence-electron chi connectivity index (χ2n) is 7.55. The fourth-order valence-electron chi connectivity index (χ4n) is 3.63. The summed E-state index contributed by atoms with van der Waals surface area (Å²) in [5.41, 5.74) is 3.49. The Hall–Kier alpha value is -1.77. The molecular weight excluding hydrogens is 378 g/mol. The maximum absolute atomic E-state index is 10.3. The molecule has 0 spiro atoms. The van der Waals surface area contributed by atoms with Gasteiger partial charge in [-0.15, -0.1) is 5.10 Å².